The van der Waals surface area contributed by atoms with Gasteiger partial charge in [-0.3, -0.25) is 4.79 Å². The Morgan fingerprint density at radius 3 is 2.76 bits per heavy atom. The predicted octanol–water partition coefficient (Wildman–Crippen LogP) is 1.80. The van der Waals surface area contributed by atoms with E-state index in [4.69, 9.17) is 15.2 Å². The molecule has 2 atom stereocenters. The lowest BCUT2D eigenvalue weighted by atomic mass is 10.1. The van der Waals surface area contributed by atoms with Gasteiger partial charge >= 0.3 is 0 Å². The van der Waals surface area contributed by atoms with Crippen LogP contribution < -0.4 is 15.2 Å². The maximum absolute atomic E-state index is 12.3. The van der Waals surface area contributed by atoms with Crippen LogP contribution in [0.3, 0.4) is 0 Å². The zero-order chi connectivity index (χ0) is 15.2. The summed E-state index contributed by atoms with van der Waals surface area (Å²) in [6, 6.07) is 7.15. The Balaban J connectivity index is 1.95. The van der Waals surface area contributed by atoms with Crippen LogP contribution in [-0.2, 0) is 4.79 Å². The van der Waals surface area contributed by atoms with Crippen LogP contribution in [0.1, 0.15) is 26.7 Å². The SMILES string of the molecule is CCC[C@@H](N)C(=O)N(CC)CC1COc2ccccc2O1. The fourth-order valence-electron chi connectivity index (χ4n) is 2.44. The first kappa shape index (κ1) is 15.6. The van der Waals surface area contributed by atoms with Gasteiger partial charge in [0.25, 0.3) is 0 Å². The zero-order valence-electron chi connectivity index (χ0n) is 12.7. The monoisotopic (exact) mass is 292 g/mol. The van der Waals surface area contributed by atoms with Crippen molar-refractivity contribution < 1.29 is 14.3 Å². The summed E-state index contributed by atoms with van der Waals surface area (Å²) >= 11 is 0. The lowest BCUT2D eigenvalue weighted by Crippen LogP contribution is -2.49. The van der Waals surface area contributed by atoms with Gasteiger partial charge in [0.1, 0.15) is 6.61 Å². The number of amides is 1. The molecule has 0 radical (unpaired) electrons. The van der Waals surface area contributed by atoms with E-state index < -0.39 is 6.04 Å². The molecular formula is C16H24N2O3. The maximum atomic E-state index is 12.3. The Labute approximate surface area is 126 Å². The largest absolute Gasteiger partial charge is 0.486 e. The molecule has 5 heteroatoms. The molecule has 116 valence electrons. The molecule has 0 aromatic heterocycles. The van der Waals surface area contributed by atoms with Gasteiger partial charge in [-0.1, -0.05) is 25.5 Å². The van der Waals surface area contributed by atoms with Crippen LogP contribution in [-0.4, -0.2) is 42.6 Å². The molecule has 1 aliphatic heterocycles. The predicted molar refractivity (Wildman–Crippen MR) is 81.5 cm³/mol. The average molecular weight is 292 g/mol. The third kappa shape index (κ3) is 3.88. The van der Waals surface area contributed by atoms with Gasteiger partial charge in [-0.05, 0) is 25.5 Å². The Bertz CT molecular complexity index is 478. The summed E-state index contributed by atoms with van der Waals surface area (Å²) in [6.07, 6.45) is 1.46. The van der Waals surface area contributed by atoms with Crippen molar-refractivity contribution in [2.75, 3.05) is 19.7 Å². The minimum absolute atomic E-state index is 0.0122. The number of carbonyl (C=O) groups excluding carboxylic acids is 1. The highest BCUT2D eigenvalue weighted by Gasteiger charge is 2.26. The van der Waals surface area contributed by atoms with E-state index in [1.54, 1.807) is 4.90 Å². The summed E-state index contributed by atoms with van der Waals surface area (Å²) in [5.41, 5.74) is 5.92. The van der Waals surface area contributed by atoms with Gasteiger partial charge in [0.05, 0.1) is 12.6 Å². The van der Waals surface area contributed by atoms with E-state index >= 15 is 0 Å². The number of hydrogen-bond donors (Lipinski definition) is 1. The summed E-state index contributed by atoms with van der Waals surface area (Å²) in [5, 5.41) is 0. The van der Waals surface area contributed by atoms with E-state index in [1.165, 1.54) is 0 Å². The van der Waals surface area contributed by atoms with Crippen molar-refractivity contribution in [1.29, 1.82) is 0 Å². The molecule has 0 saturated carbocycles. The quantitative estimate of drug-likeness (QED) is 0.868. The molecule has 0 fully saturated rings. The number of likely N-dealkylation sites (N-methyl/N-ethyl adjacent to an activating group) is 1. The molecule has 1 aromatic rings. The molecular weight excluding hydrogens is 268 g/mol. The van der Waals surface area contributed by atoms with E-state index in [-0.39, 0.29) is 12.0 Å². The highest BCUT2D eigenvalue weighted by molar-refractivity contribution is 5.81. The highest BCUT2D eigenvalue weighted by atomic mass is 16.6. The number of benzene rings is 1. The summed E-state index contributed by atoms with van der Waals surface area (Å²) in [7, 11) is 0. The van der Waals surface area contributed by atoms with E-state index in [2.05, 4.69) is 0 Å². The number of ether oxygens (including phenoxy) is 2. The first-order valence-electron chi connectivity index (χ1n) is 7.58. The smallest absolute Gasteiger partial charge is 0.239 e. The van der Waals surface area contributed by atoms with Gasteiger partial charge in [0.15, 0.2) is 17.6 Å². The van der Waals surface area contributed by atoms with Crippen molar-refractivity contribution in [2.24, 2.45) is 5.73 Å². The van der Waals surface area contributed by atoms with E-state index in [9.17, 15) is 4.79 Å². The minimum Gasteiger partial charge on any atom is -0.486 e. The zero-order valence-corrected chi connectivity index (χ0v) is 12.7. The Hall–Kier alpha value is -1.75. The molecule has 0 bridgehead atoms. The van der Waals surface area contributed by atoms with Gasteiger partial charge in [0.2, 0.25) is 5.91 Å². The Morgan fingerprint density at radius 1 is 1.38 bits per heavy atom. The van der Waals surface area contributed by atoms with Crippen LogP contribution >= 0.6 is 0 Å². The van der Waals surface area contributed by atoms with Gasteiger partial charge in [0, 0.05) is 6.54 Å². The van der Waals surface area contributed by atoms with E-state index in [0.29, 0.717) is 26.1 Å². The molecule has 1 amide bonds. The standard InChI is InChI=1S/C16H24N2O3/c1-3-7-13(17)16(19)18(4-2)10-12-11-20-14-8-5-6-9-15(14)21-12/h5-6,8-9,12-13H,3-4,7,10-11,17H2,1-2H3/t12?,13-/m1/s1. The normalized spacial score (nSPS) is 18.1. The summed E-state index contributed by atoms with van der Waals surface area (Å²) < 4.78 is 11.6. The van der Waals surface area contributed by atoms with E-state index in [0.717, 1.165) is 17.9 Å². The van der Waals surface area contributed by atoms with Crippen LogP contribution in [0.2, 0.25) is 0 Å². The van der Waals surface area contributed by atoms with Crippen LogP contribution in [0.4, 0.5) is 0 Å². The van der Waals surface area contributed by atoms with Crippen LogP contribution in [0, 0.1) is 0 Å². The van der Waals surface area contributed by atoms with Crippen molar-refractivity contribution in [3.05, 3.63) is 24.3 Å². The second-order valence-corrected chi connectivity index (χ2v) is 5.27. The summed E-state index contributed by atoms with van der Waals surface area (Å²) in [4.78, 5) is 14.0. The van der Waals surface area contributed by atoms with Crippen molar-refractivity contribution in [2.45, 2.75) is 38.8 Å². The molecule has 2 N–H and O–H groups in total. The molecule has 1 unspecified atom stereocenters. The molecule has 1 aliphatic rings. The molecule has 0 spiro atoms. The van der Waals surface area contributed by atoms with Crippen molar-refractivity contribution in [3.63, 3.8) is 0 Å². The maximum Gasteiger partial charge on any atom is 0.239 e. The first-order chi connectivity index (χ1) is 10.2. The number of para-hydroxylation sites is 2. The molecule has 1 heterocycles. The molecule has 5 nitrogen and oxygen atoms in total. The van der Waals surface area contributed by atoms with Gasteiger partial charge in [-0.15, -0.1) is 0 Å². The van der Waals surface area contributed by atoms with Crippen LogP contribution in [0.15, 0.2) is 24.3 Å². The number of nitrogens with two attached hydrogens (primary N) is 1. The topological polar surface area (TPSA) is 64.8 Å². The van der Waals surface area contributed by atoms with Crippen molar-refractivity contribution in [1.82, 2.24) is 4.90 Å². The fraction of sp³-hybridized carbons (Fsp3) is 0.562. The summed E-state index contributed by atoms with van der Waals surface area (Å²) in [5.74, 6) is 1.47. The second kappa shape index (κ2) is 7.31. The lowest BCUT2D eigenvalue weighted by molar-refractivity contribution is -0.134. The lowest BCUT2D eigenvalue weighted by Gasteiger charge is -2.32. The van der Waals surface area contributed by atoms with Crippen LogP contribution in [0.5, 0.6) is 11.5 Å². The molecule has 21 heavy (non-hydrogen) atoms. The number of hydrogen-bond acceptors (Lipinski definition) is 4. The Kier molecular flexibility index (Phi) is 5.44. The number of carbonyl (C=O) groups is 1. The highest BCUT2D eigenvalue weighted by Crippen LogP contribution is 2.31. The molecule has 2 rings (SSSR count). The molecule has 0 aliphatic carbocycles. The van der Waals surface area contributed by atoms with Gasteiger partial charge in [-0.25, -0.2) is 0 Å². The number of fused-ring (bicyclic) bond motifs is 1. The van der Waals surface area contributed by atoms with Gasteiger partial charge in [-0.2, -0.15) is 0 Å². The number of rotatable bonds is 6. The summed E-state index contributed by atoms with van der Waals surface area (Å²) in [6.45, 7) is 5.55. The molecule has 0 saturated heterocycles. The third-order valence-corrected chi connectivity index (χ3v) is 3.60. The number of nitrogens with zero attached hydrogens (tertiary/aromatic N) is 1. The van der Waals surface area contributed by atoms with Crippen LogP contribution in [0.25, 0.3) is 0 Å². The minimum atomic E-state index is -0.424. The first-order valence-corrected chi connectivity index (χ1v) is 7.58. The third-order valence-electron chi connectivity index (χ3n) is 3.60. The van der Waals surface area contributed by atoms with E-state index in [1.807, 2.05) is 38.1 Å². The van der Waals surface area contributed by atoms with Crippen molar-refractivity contribution >= 4 is 5.91 Å². The van der Waals surface area contributed by atoms with Gasteiger partial charge < -0.3 is 20.1 Å². The van der Waals surface area contributed by atoms with Crippen molar-refractivity contribution in [3.8, 4) is 11.5 Å². The average Bonchev–Trinajstić information content (AvgIpc) is 2.52. The molecule has 1 aromatic carbocycles. The fourth-order valence-corrected chi connectivity index (χ4v) is 2.44. The Morgan fingerprint density at radius 2 is 2.10 bits per heavy atom. The second-order valence-electron chi connectivity index (χ2n) is 5.27.